The first kappa shape index (κ1) is 15.9. The SMILES string of the molecule is Cc1ccc(N)cc1NC(=O)c1cc2c(s1)CCCC2.Cl. The first-order valence-electron chi connectivity index (χ1n) is 6.92. The molecular formula is C16H19ClN2OS. The van der Waals surface area contributed by atoms with Crippen molar-refractivity contribution < 1.29 is 4.79 Å². The van der Waals surface area contributed by atoms with Crippen LogP contribution < -0.4 is 11.1 Å². The maximum atomic E-state index is 12.4. The molecule has 0 atom stereocenters. The van der Waals surface area contributed by atoms with Gasteiger partial charge in [0.05, 0.1) is 4.88 Å². The Morgan fingerprint density at radius 2 is 2.00 bits per heavy atom. The highest BCUT2D eigenvalue weighted by molar-refractivity contribution is 7.14. The summed E-state index contributed by atoms with van der Waals surface area (Å²) >= 11 is 1.63. The fourth-order valence-electron chi connectivity index (χ4n) is 2.56. The number of nitrogens with one attached hydrogen (secondary N) is 1. The van der Waals surface area contributed by atoms with Gasteiger partial charge >= 0.3 is 0 Å². The number of thiophene rings is 1. The van der Waals surface area contributed by atoms with E-state index in [1.165, 1.54) is 23.3 Å². The molecule has 1 heterocycles. The largest absolute Gasteiger partial charge is 0.399 e. The van der Waals surface area contributed by atoms with E-state index < -0.39 is 0 Å². The molecule has 0 saturated carbocycles. The topological polar surface area (TPSA) is 55.1 Å². The molecule has 3 N–H and O–H groups in total. The zero-order chi connectivity index (χ0) is 14.1. The number of benzene rings is 1. The number of hydrogen-bond acceptors (Lipinski definition) is 3. The van der Waals surface area contributed by atoms with E-state index in [-0.39, 0.29) is 18.3 Å². The highest BCUT2D eigenvalue weighted by atomic mass is 35.5. The second kappa shape index (κ2) is 6.50. The van der Waals surface area contributed by atoms with Crippen LogP contribution in [-0.2, 0) is 12.8 Å². The molecule has 1 amide bonds. The van der Waals surface area contributed by atoms with E-state index in [1.54, 1.807) is 17.4 Å². The lowest BCUT2D eigenvalue weighted by molar-refractivity contribution is 0.103. The first-order chi connectivity index (χ1) is 9.63. The zero-order valence-electron chi connectivity index (χ0n) is 11.9. The first-order valence-corrected chi connectivity index (χ1v) is 7.74. The molecule has 0 radical (unpaired) electrons. The number of aryl methyl sites for hydroxylation is 3. The third-order valence-electron chi connectivity index (χ3n) is 3.73. The van der Waals surface area contributed by atoms with Gasteiger partial charge in [0.1, 0.15) is 0 Å². The number of rotatable bonds is 2. The van der Waals surface area contributed by atoms with Crippen LogP contribution in [0.1, 0.15) is 38.5 Å². The fourth-order valence-corrected chi connectivity index (χ4v) is 3.71. The van der Waals surface area contributed by atoms with Gasteiger partial charge in [0.15, 0.2) is 0 Å². The summed E-state index contributed by atoms with van der Waals surface area (Å²) in [4.78, 5) is 14.5. The molecule has 2 aromatic rings. The summed E-state index contributed by atoms with van der Waals surface area (Å²) in [7, 11) is 0. The Hall–Kier alpha value is -1.52. The minimum absolute atomic E-state index is 0. The van der Waals surface area contributed by atoms with E-state index in [2.05, 4.69) is 11.4 Å². The Morgan fingerprint density at radius 3 is 2.76 bits per heavy atom. The monoisotopic (exact) mass is 322 g/mol. The molecule has 3 rings (SSSR count). The maximum Gasteiger partial charge on any atom is 0.265 e. The summed E-state index contributed by atoms with van der Waals surface area (Å²) in [5, 5.41) is 2.97. The van der Waals surface area contributed by atoms with Crippen molar-refractivity contribution in [1.82, 2.24) is 0 Å². The summed E-state index contributed by atoms with van der Waals surface area (Å²) in [5.41, 5.74) is 9.61. The maximum absolute atomic E-state index is 12.4. The van der Waals surface area contributed by atoms with Gasteiger partial charge in [0, 0.05) is 16.3 Å². The van der Waals surface area contributed by atoms with Gasteiger partial charge in [-0.1, -0.05) is 6.07 Å². The molecule has 1 aliphatic carbocycles. The normalized spacial score (nSPS) is 13.2. The van der Waals surface area contributed by atoms with Crippen molar-refractivity contribution in [2.75, 3.05) is 11.1 Å². The smallest absolute Gasteiger partial charge is 0.265 e. The summed E-state index contributed by atoms with van der Waals surface area (Å²) in [6, 6.07) is 7.62. The molecule has 1 aromatic carbocycles. The molecule has 0 unspecified atom stereocenters. The van der Waals surface area contributed by atoms with Crippen molar-refractivity contribution in [1.29, 1.82) is 0 Å². The second-order valence-electron chi connectivity index (χ2n) is 5.29. The highest BCUT2D eigenvalue weighted by Crippen LogP contribution is 2.30. The fraction of sp³-hybridized carbons (Fsp3) is 0.312. The quantitative estimate of drug-likeness (QED) is 0.814. The van der Waals surface area contributed by atoms with Crippen molar-refractivity contribution in [2.24, 2.45) is 0 Å². The van der Waals surface area contributed by atoms with E-state index in [0.717, 1.165) is 29.0 Å². The van der Waals surface area contributed by atoms with Crippen LogP contribution in [0.25, 0.3) is 0 Å². The molecule has 3 nitrogen and oxygen atoms in total. The lowest BCUT2D eigenvalue weighted by Crippen LogP contribution is -2.11. The Bertz CT molecular complexity index is 643. The van der Waals surface area contributed by atoms with Crippen molar-refractivity contribution >= 4 is 41.0 Å². The van der Waals surface area contributed by atoms with Gasteiger partial charge in [-0.15, -0.1) is 23.7 Å². The Kier molecular flexibility index (Phi) is 4.91. The van der Waals surface area contributed by atoms with E-state index in [1.807, 2.05) is 19.1 Å². The van der Waals surface area contributed by atoms with Crippen LogP contribution in [0, 0.1) is 6.92 Å². The molecule has 0 bridgehead atoms. The number of anilines is 2. The third kappa shape index (κ3) is 3.39. The minimum Gasteiger partial charge on any atom is -0.399 e. The molecule has 0 fully saturated rings. The van der Waals surface area contributed by atoms with Crippen LogP contribution in [0.15, 0.2) is 24.3 Å². The van der Waals surface area contributed by atoms with Gasteiger partial charge in [-0.2, -0.15) is 0 Å². The van der Waals surface area contributed by atoms with E-state index in [0.29, 0.717) is 5.69 Å². The molecule has 0 spiro atoms. The molecule has 1 aromatic heterocycles. The molecule has 1 aliphatic rings. The van der Waals surface area contributed by atoms with E-state index in [9.17, 15) is 4.79 Å². The molecule has 0 saturated heterocycles. The Labute approximate surface area is 135 Å². The molecule has 21 heavy (non-hydrogen) atoms. The van der Waals surface area contributed by atoms with Crippen LogP contribution in [0.4, 0.5) is 11.4 Å². The minimum atomic E-state index is -0.0295. The highest BCUT2D eigenvalue weighted by Gasteiger charge is 2.17. The van der Waals surface area contributed by atoms with Crippen LogP contribution in [-0.4, -0.2) is 5.91 Å². The number of carbonyl (C=O) groups is 1. The predicted octanol–water partition coefficient (Wildman–Crippen LogP) is 4.19. The lowest BCUT2D eigenvalue weighted by atomic mass is 9.99. The van der Waals surface area contributed by atoms with Crippen molar-refractivity contribution in [3.05, 3.63) is 45.1 Å². The molecule has 0 aliphatic heterocycles. The predicted molar refractivity (Wildman–Crippen MR) is 91.8 cm³/mol. The molecule has 5 heteroatoms. The van der Waals surface area contributed by atoms with Gasteiger partial charge in [0.25, 0.3) is 5.91 Å². The summed E-state index contributed by atoms with van der Waals surface area (Å²) in [6.07, 6.45) is 4.70. The standard InChI is InChI=1S/C16H18N2OS.ClH/c1-10-6-7-12(17)9-13(10)18-16(19)15-8-11-4-2-3-5-14(11)20-15;/h6-9H,2-5,17H2,1H3,(H,18,19);1H. The van der Waals surface area contributed by atoms with Gasteiger partial charge in [-0.25, -0.2) is 0 Å². The van der Waals surface area contributed by atoms with Crippen LogP contribution in [0.2, 0.25) is 0 Å². The number of fused-ring (bicyclic) bond motifs is 1. The second-order valence-corrected chi connectivity index (χ2v) is 6.43. The zero-order valence-corrected chi connectivity index (χ0v) is 13.6. The third-order valence-corrected chi connectivity index (χ3v) is 4.97. The molecule has 112 valence electrons. The van der Waals surface area contributed by atoms with E-state index in [4.69, 9.17) is 5.73 Å². The summed E-state index contributed by atoms with van der Waals surface area (Å²) in [5.74, 6) is -0.0295. The van der Waals surface area contributed by atoms with Gasteiger partial charge < -0.3 is 11.1 Å². The average molecular weight is 323 g/mol. The van der Waals surface area contributed by atoms with Gasteiger partial charge in [-0.3, -0.25) is 4.79 Å². The van der Waals surface area contributed by atoms with Crippen molar-refractivity contribution in [3.8, 4) is 0 Å². The number of halogens is 1. The van der Waals surface area contributed by atoms with Crippen LogP contribution in [0.5, 0.6) is 0 Å². The lowest BCUT2D eigenvalue weighted by Gasteiger charge is -2.08. The number of amides is 1. The summed E-state index contributed by atoms with van der Waals surface area (Å²) < 4.78 is 0. The van der Waals surface area contributed by atoms with Gasteiger partial charge in [0.2, 0.25) is 0 Å². The van der Waals surface area contributed by atoms with Crippen LogP contribution >= 0.6 is 23.7 Å². The van der Waals surface area contributed by atoms with E-state index >= 15 is 0 Å². The number of nitrogen functional groups attached to an aromatic ring is 1. The number of nitrogens with two attached hydrogens (primary N) is 1. The molecular weight excluding hydrogens is 304 g/mol. The van der Waals surface area contributed by atoms with Crippen molar-refractivity contribution in [3.63, 3.8) is 0 Å². The Morgan fingerprint density at radius 1 is 1.24 bits per heavy atom. The Balaban J connectivity index is 0.00000161. The van der Waals surface area contributed by atoms with Crippen LogP contribution in [0.3, 0.4) is 0 Å². The van der Waals surface area contributed by atoms with Crippen molar-refractivity contribution in [2.45, 2.75) is 32.6 Å². The number of hydrogen-bond donors (Lipinski definition) is 2. The van der Waals surface area contributed by atoms with Gasteiger partial charge in [-0.05, 0) is 61.9 Å². The number of carbonyl (C=O) groups excluding carboxylic acids is 1. The average Bonchev–Trinajstić information content (AvgIpc) is 2.87. The summed E-state index contributed by atoms with van der Waals surface area (Å²) in [6.45, 7) is 1.97.